The van der Waals surface area contributed by atoms with Crippen LogP contribution in [-0.4, -0.2) is 24.7 Å². The minimum Gasteiger partial charge on any atom is -0.488 e. The zero-order chi connectivity index (χ0) is 33.8. The van der Waals surface area contributed by atoms with Crippen LogP contribution in [0.5, 0.6) is 17.2 Å². The molecule has 0 atom stereocenters. The van der Waals surface area contributed by atoms with E-state index in [1.807, 2.05) is 31.1 Å². The molecule has 9 heteroatoms. The van der Waals surface area contributed by atoms with Gasteiger partial charge in [0.2, 0.25) is 5.41 Å². The Balaban J connectivity index is 0.00000271. The van der Waals surface area contributed by atoms with Gasteiger partial charge in [-0.1, -0.05) is 81.4 Å². The summed E-state index contributed by atoms with van der Waals surface area (Å²) in [7, 11) is 0. The molecule has 0 amide bonds. The van der Waals surface area contributed by atoms with E-state index in [9.17, 15) is 26.3 Å². The number of rotatable bonds is 6. The van der Waals surface area contributed by atoms with E-state index in [2.05, 4.69) is 32.9 Å². The second-order valence-corrected chi connectivity index (χ2v) is 12.5. The van der Waals surface area contributed by atoms with E-state index >= 15 is 0 Å². The van der Waals surface area contributed by atoms with Crippen molar-refractivity contribution in [2.75, 3.05) is 0 Å². The molecule has 4 aromatic carbocycles. The van der Waals surface area contributed by atoms with Crippen molar-refractivity contribution < 1.29 is 40.6 Å². The number of carbonyl (C=O) groups is 1. The third-order valence-electron chi connectivity index (χ3n) is 7.02. The van der Waals surface area contributed by atoms with Gasteiger partial charge in [-0.15, -0.1) is 0 Å². The molecule has 0 bridgehead atoms. The maximum atomic E-state index is 14.5. The summed E-state index contributed by atoms with van der Waals surface area (Å²) in [5.74, 6) is 0.638. The Bertz CT molecular complexity index is 1510. The topological polar surface area (TPSA) is 35.5 Å². The molecule has 4 rings (SSSR count). The summed E-state index contributed by atoms with van der Waals surface area (Å²) in [6.45, 7) is 13.6. The monoisotopic (exact) mass is 630 g/mol. The molecular formula is C36H36F6O3. The number of ether oxygens (including phenoxy) is 2. The van der Waals surface area contributed by atoms with Gasteiger partial charge < -0.3 is 14.3 Å². The van der Waals surface area contributed by atoms with E-state index in [0.717, 1.165) is 59.7 Å². The predicted octanol–water partition coefficient (Wildman–Crippen LogP) is 10.8. The third kappa shape index (κ3) is 7.88. The van der Waals surface area contributed by atoms with E-state index in [1.165, 1.54) is 5.56 Å². The van der Waals surface area contributed by atoms with Crippen LogP contribution >= 0.6 is 0 Å². The molecule has 0 aliphatic rings. The summed E-state index contributed by atoms with van der Waals surface area (Å²) >= 11 is 0. The van der Waals surface area contributed by atoms with E-state index in [1.54, 1.807) is 32.9 Å². The molecule has 45 heavy (non-hydrogen) atoms. The summed E-state index contributed by atoms with van der Waals surface area (Å²) in [5, 5.41) is 0. The van der Waals surface area contributed by atoms with Crippen LogP contribution in [0.4, 0.5) is 26.3 Å². The normalized spacial score (nSPS) is 12.6. The number of carbonyl (C=O) groups excluding carboxylic acids is 1. The third-order valence-corrected chi connectivity index (χ3v) is 7.02. The van der Waals surface area contributed by atoms with Gasteiger partial charge in [0.25, 0.3) is 0 Å². The average molecular weight is 631 g/mol. The van der Waals surface area contributed by atoms with E-state index in [4.69, 9.17) is 14.3 Å². The Morgan fingerprint density at radius 1 is 0.467 bits per heavy atom. The lowest BCUT2D eigenvalue weighted by Gasteiger charge is -2.38. The second kappa shape index (κ2) is 13.0. The van der Waals surface area contributed by atoms with Crippen molar-refractivity contribution in [2.24, 2.45) is 0 Å². The zero-order valence-electron chi connectivity index (χ0n) is 25.9. The van der Waals surface area contributed by atoms with Crippen LogP contribution in [0.3, 0.4) is 0 Å². The van der Waals surface area contributed by atoms with Crippen molar-refractivity contribution in [2.45, 2.75) is 70.3 Å². The van der Waals surface area contributed by atoms with Crippen molar-refractivity contribution in [1.29, 1.82) is 0 Å². The van der Waals surface area contributed by atoms with Gasteiger partial charge >= 0.3 is 12.4 Å². The number of halogens is 6. The molecule has 4 aromatic rings. The van der Waals surface area contributed by atoms with Gasteiger partial charge in [-0.05, 0) is 90.4 Å². The standard InChI is InChI=1S/C35H34F6O2.CH2O/c1-31(2,3)25-11-7-23(8-12-25)24-9-17-28(18-10-24)42-29-19-13-26(14-20-29)33(34(36,37)38,35(39,40)41)27-15-21-30(22-16-27)43-32(4,5)6;1-2/h7-22H,1-6H3;1H2. The molecule has 0 aliphatic carbocycles. The molecule has 0 heterocycles. The quantitative estimate of drug-likeness (QED) is 0.199. The highest BCUT2D eigenvalue weighted by atomic mass is 19.4. The molecule has 0 radical (unpaired) electrons. The first kappa shape index (κ1) is 35.2. The molecule has 0 unspecified atom stereocenters. The second-order valence-electron chi connectivity index (χ2n) is 12.5. The average Bonchev–Trinajstić information content (AvgIpc) is 2.94. The fraction of sp³-hybridized carbons (Fsp3) is 0.306. The van der Waals surface area contributed by atoms with Crippen LogP contribution in [0.1, 0.15) is 58.2 Å². The lowest BCUT2D eigenvalue weighted by Crippen LogP contribution is -2.54. The summed E-state index contributed by atoms with van der Waals surface area (Å²) in [6.07, 6.45) is -11.4. The van der Waals surface area contributed by atoms with Crippen molar-refractivity contribution in [3.05, 3.63) is 114 Å². The molecule has 0 fully saturated rings. The molecular weight excluding hydrogens is 594 g/mol. The fourth-order valence-electron chi connectivity index (χ4n) is 4.90. The maximum Gasteiger partial charge on any atom is 0.411 e. The summed E-state index contributed by atoms with van der Waals surface area (Å²) in [4.78, 5) is 8.00. The van der Waals surface area contributed by atoms with Gasteiger partial charge in [-0.3, -0.25) is 0 Å². The smallest absolute Gasteiger partial charge is 0.411 e. The van der Waals surface area contributed by atoms with Gasteiger partial charge in [-0.25, -0.2) is 0 Å². The minimum absolute atomic E-state index is 0.0251. The van der Waals surface area contributed by atoms with Crippen LogP contribution in [0.15, 0.2) is 97.1 Å². The summed E-state index contributed by atoms with van der Waals surface area (Å²) in [5.41, 5.74) is -3.72. The number of hydrogen-bond donors (Lipinski definition) is 0. The minimum atomic E-state index is -5.69. The van der Waals surface area contributed by atoms with Gasteiger partial charge in [-0.2, -0.15) is 26.3 Å². The molecule has 0 aliphatic heterocycles. The van der Waals surface area contributed by atoms with E-state index < -0.39 is 34.5 Å². The zero-order valence-corrected chi connectivity index (χ0v) is 25.9. The molecule has 0 N–H and O–H groups in total. The van der Waals surface area contributed by atoms with Crippen molar-refractivity contribution in [1.82, 2.24) is 0 Å². The first-order valence-electron chi connectivity index (χ1n) is 14.0. The Morgan fingerprint density at radius 2 is 0.778 bits per heavy atom. The highest BCUT2D eigenvalue weighted by Crippen LogP contribution is 2.56. The van der Waals surface area contributed by atoms with Gasteiger partial charge in [0.05, 0.1) is 0 Å². The van der Waals surface area contributed by atoms with Crippen LogP contribution in [0, 0.1) is 0 Å². The molecule has 3 nitrogen and oxygen atoms in total. The largest absolute Gasteiger partial charge is 0.488 e. The number of alkyl halides is 6. The predicted molar refractivity (Wildman–Crippen MR) is 164 cm³/mol. The Morgan fingerprint density at radius 3 is 1.11 bits per heavy atom. The first-order chi connectivity index (χ1) is 20.8. The van der Waals surface area contributed by atoms with Crippen LogP contribution in [0.25, 0.3) is 11.1 Å². The highest BCUT2D eigenvalue weighted by molar-refractivity contribution is 5.64. The van der Waals surface area contributed by atoms with E-state index in [0.29, 0.717) is 5.75 Å². The highest BCUT2D eigenvalue weighted by Gasteiger charge is 2.72. The van der Waals surface area contributed by atoms with Gasteiger partial charge in [0.1, 0.15) is 29.6 Å². The first-order valence-corrected chi connectivity index (χ1v) is 14.0. The Labute approximate surface area is 259 Å². The van der Waals surface area contributed by atoms with Crippen LogP contribution in [0.2, 0.25) is 0 Å². The van der Waals surface area contributed by atoms with Crippen LogP contribution in [-0.2, 0) is 15.6 Å². The maximum absolute atomic E-state index is 14.5. The number of benzene rings is 4. The Kier molecular flexibility index (Phi) is 10.2. The molecule has 240 valence electrons. The molecule has 0 saturated heterocycles. The molecule has 0 spiro atoms. The SMILES string of the molecule is C=O.CC(C)(C)Oc1ccc(C(c2ccc(Oc3ccc(-c4ccc(C(C)(C)C)cc4)cc3)cc2)(C(F)(F)F)C(F)(F)F)cc1. The van der Waals surface area contributed by atoms with Crippen molar-refractivity contribution in [3.63, 3.8) is 0 Å². The van der Waals surface area contributed by atoms with Gasteiger partial charge in [0, 0.05) is 0 Å². The summed E-state index contributed by atoms with van der Waals surface area (Å²) in [6, 6.07) is 22.9. The molecule has 0 aromatic heterocycles. The van der Waals surface area contributed by atoms with E-state index in [-0.39, 0.29) is 16.9 Å². The lowest BCUT2D eigenvalue weighted by molar-refractivity contribution is -0.288. The summed E-state index contributed by atoms with van der Waals surface area (Å²) < 4.78 is 98.6. The van der Waals surface area contributed by atoms with Gasteiger partial charge in [0.15, 0.2) is 0 Å². The lowest BCUT2D eigenvalue weighted by atomic mass is 9.73. The van der Waals surface area contributed by atoms with Crippen molar-refractivity contribution >= 4 is 6.79 Å². The molecule has 0 saturated carbocycles. The fourth-order valence-corrected chi connectivity index (χ4v) is 4.90. The van der Waals surface area contributed by atoms with Crippen LogP contribution < -0.4 is 9.47 Å². The van der Waals surface area contributed by atoms with Crippen molar-refractivity contribution in [3.8, 4) is 28.4 Å². The Hall–Kier alpha value is -4.27. The number of hydrogen-bond acceptors (Lipinski definition) is 3.